The molecule has 7 heteroatoms. The van der Waals surface area contributed by atoms with Crippen LogP contribution in [0.5, 0.6) is 11.5 Å². The molecule has 2 amide bonds. The molecule has 3 atom stereocenters. The zero-order valence-electron chi connectivity index (χ0n) is 19.1. The predicted octanol–water partition coefficient (Wildman–Crippen LogP) is 4.54. The Balaban J connectivity index is 1.51. The fourth-order valence-electron chi connectivity index (χ4n) is 4.59. The number of benzene rings is 3. The molecule has 7 nitrogen and oxygen atoms in total. The van der Waals surface area contributed by atoms with Gasteiger partial charge in [0.1, 0.15) is 17.4 Å². The molecule has 0 bridgehead atoms. The van der Waals surface area contributed by atoms with Gasteiger partial charge in [0.05, 0.1) is 30.6 Å². The second kappa shape index (κ2) is 9.19. The number of para-hydroxylation sites is 1. The lowest BCUT2D eigenvalue weighted by Gasteiger charge is -2.28. The molecule has 3 unspecified atom stereocenters. The van der Waals surface area contributed by atoms with E-state index in [9.17, 15) is 9.59 Å². The van der Waals surface area contributed by atoms with Gasteiger partial charge in [-0.15, -0.1) is 0 Å². The topological polar surface area (TPSA) is 68.3 Å². The normalized spacial score (nSPS) is 21.6. The molecule has 3 aromatic rings. The Morgan fingerprint density at radius 3 is 1.91 bits per heavy atom. The molecule has 174 valence electrons. The number of amides is 2. The van der Waals surface area contributed by atoms with E-state index in [1.165, 1.54) is 4.90 Å². The molecule has 0 radical (unpaired) electrons. The Morgan fingerprint density at radius 1 is 0.735 bits per heavy atom. The van der Waals surface area contributed by atoms with E-state index in [2.05, 4.69) is 0 Å². The molecule has 0 N–H and O–H groups in total. The van der Waals surface area contributed by atoms with Gasteiger partial charge < -0.3 is 9.47 Å². The lowest BCUT2D eigenvalue weighted by atomic mass is 9.90. The van der Waals surface area contributed by atoms with Crippen molar-refractivity contribution in [1.82, 2.24) is 0 Å². The van der Waals surface area contributed by atoms with Crippen LogP contribution in [0, 0.1) is 5.92 Å². The highest BCUT2D eigenvalue weighted by Crippen LogP contribution is 2.47. The Kier molecular flexibility index (Phi) is 5.94. The summed E-state index contributed by atoms with van der Waals surface area (Å²) in [5.41, 5.74) is 2.16. The number of hydrogen-bond acceptors (Lipinski definition) is 6. The molecule has 2 aliphatic rings. The lowest BCUT2D eigenvalue weighted by Crippen LogP contribution is -2.37. The fourth-order valence-corrected chi connectivity index (χ4v) is 4.59. The molecule has 2 heterocycles. The van der Waals surface area contributed by atoms with Crippen molar-refractivity contribution in [1.29, 1.82) is 0 Å². The first-order valence-corrected chi connectivity index (χ1v) is 11.5. The van der Waals surface area contributed by atoms with E-state index < -0.39 is 18.1 Å². The number of carbonyl (C=O) groups excluding carboxylic acids is 2. The Morgan fingerprint density at radius 2 is 1.32 bits per heavy atom. The number of rotatable bonds is 7. The number of anilines is 2. The summed E-state index contributed by atoms with van der Waals surface area (Å²) in [5.74, 6) is 0.101. The summed E-state index contributed by atoms with van der Waals surface area (Å²) >= 11 is 0. The molecule has 2 aliphatic heterocycles. The highest BCUT2D eigenvalue weighted by atomic mass is 16.7. The maximum atomic E-state index is 13.7. The van der Waals surface area contributed by atoms with E-state index in [4.69, 9.17) is 14.3 Å². The van der Waals surface area contributed by atoms with Gasteiger partial charge in [-0.3, -0.25) is 14.4 Å². The van der Waals surface area contributed by atoms with Crippen molar-refractivity contribution >= 4 is 23.2 Å². The Labute approximate surface area is 198 Å². The third kappa shape index (κ3) is 3.78. The highest BCUT2D eigenvalue weighted by molar-refractivity contribution is 6.23. The van der Waals surface area contributed by atoms with E-state index >= 15 is 0 Å². The standard InChI is InChI=1S/C27H26N2O5/c1-3-32-21-14-10-18(11-15-21)24-23-25(34-29(24)20-8-6-5-7-9-20)27(31)28(26(23)30)19-12-16-22(17-13-19)33-4-2/h5-17,23-25H,3-4H2,1-2H3. The SMILES string of the molecule is CCOc1ccc(C2C3C(=O)N(c4ccc(OCC)cc4)C(=O)C3ON2c2ccccc2)cc1. The lowest BCUT2D eigenvalue weighted by molar-refractivity contribution is -0.126. The van der Waals surface area contributed by atoms with Gasteiger partial charge in [0.15, 0.2) is 6.10 Å². The van der Waals surface area contributed by atoms with Crippen LogP contribution < -0.4 is 19.4 Å². The molecule has 3 aromatic carbocycles. The smallest absolute Gasteiger partial charge is 0.266 e. The van der Waals surface area contributed by atoms with Crippen LogP contribution >= 0.6 is 0 Å². The van der Waals surface area contributed by atoms with E-state index in [0.29, 0.717) is 24.7 Å². The molecule has 0 aliphatic carbocycles. The number of hydroxylamine groups is 1. The van der Waals surface area contributed by atoms with Gasteiger partial charge >= 0.3 is 0 Å². The van der Waals surface area contributed by atoms with Crippen molar-refractivity contribution in [2.45, 2.75) is 26.0 Å². The molecule has 5 rings (SSSR count). The average molecular weight is 459 g/mol. The quantitative estimate of drug-likeness (QED) is 0.485. The van der Waals surface area contributed by atoms with Crippen molar-refractivity contribution in [2.24, 2.45) is 5.92 Å². The third-order valence-electron chi connectivity index (χ3n) is 6.06. The largest absolute Gasteiger partial charge is 0.494 e. The van der Waals surface area contributed by atoms with Crippen molar-refractivity contribution in [3.63, 3.8) is 0 Å². The van der Waals surface area contributed by atoms with Gasteiger partial charge in [-0.1, -0.05) is 30.3 Å². The van der Waals surface area contributed by atoms with Crippen molar-refractivity contribution < 1.29 is 23.9 Å². The summed E-state index contributed by atoms with van der Waals surface area (Å²) in [4.78, 5) is 34.5. The molecule has 2 fully saturated rings. The third-order valence-corrected chi connectivity index (χ3v) is 6.06. The second-order valence-corrected chi connectivity index (χ2v) is 8.10. The highest BCUT2D eigenvalue weighted by Gasteiger charge is 2.60. The minimum absolute atomic E-state index is 0.281. The molecule has 34 heavy (non-hydrogen) atoms. The fraction of sp³-hybridized carbons (Fsp3) is 0.259. The van der Waals surface area contributed by atoms with Crippen LogP contribution in [-0.4, -0.2) is 31.1 Å². The summed E-state index contributed by atoms with van der Waals surface area (Å²) in [6.07, 6.45) is -0.907. The van der Waals surface area contributed by atoms with Gasteiger partial charge in [0.2, 0.25) is 5.91 Å². The monoisotopic (exact) mass is 458 g/mol. The van der Waals surface area contributed by atoms with Gasteiger partial charge in [0, 0.05) is 0 Å². The van der Waals surface area contributed by atoms with Gasteiger partial charge in [-0.05, 0) is 67.9 Å². The zero-order valence-corrected chi connectivity index (χ0v) is 19.1. The summed E-state index contributed by atoms with van der Waals surface area (Å²) in [6.45, 7) is 4.94. The van der Waals surface area contributed by atoms with Crippen LogP contribution in [-0.2, 0) is 14.4 Å². The molecular formula is C27H26N2O5. The number of ether oxygens (including phenoxy) is 2. The Bertz CT molecular complexity index is 1160. The zero-order chi connectivity index (χ0) is 23.7. The minimum atomic E-state index is -0.907. The van der Waals surface area contributed by atoms with Crippen molar-refractivity contribution in [2.75, 3.05) is 23.2 Å². The van der Waals surface area contributed by atoms with Crippen molar-refractivity contribution in [3.8, 4) is 11.5 Å². The van der Waals surface area contributed by atoms with Gasteiger partial charge in [-0.2, -0.15) is 0 Å². The first-order chi connectivity index (χ1) is 16.6. The van der Waals surface area contributed by atoms with Crippen LogP contribution in [0.3, 0.4) is 0 Å². The average Bonchev–Trinajstić information content (AvgIpc) is 3.37. The number of imide groups is 1. The first kappa shape index (κ1) is 22.0. The number of hydrogen-bond donors (Lipinski definition) is 0. The number of carbonyl (C=O) groups is 2. The summed E-state index contributed by atoms with van der Waals surface area (Å²) in [6, 6.07) is 23.6. The predicted molar refractivity (Wildman–Crippen MR) is 128 cm³/mol. The molecule has 0 spiro atoms. The first-order valence-electron chi connectivity index (χ1n) is 11.5. The maximum absolute atomic E-state index is 13.7. The molecular weight excluding hydrogens is 432 g/mol. The van der Waals surface area contributed by atoms with Crippen LogP contribution in [0.15, 0.2) is 78.9 Å². The van der Waals surface area contributed by atoms with E-state index in [-0.39, 0.29) is 11.8 Å². The van der Waals surface area contributed by atoms with Crippen LogP contribution in [0.25, 0.3) is 0 Å². The molecule has 0 aromatic heterocycles. The molecule has 2 saturated heterocycles. The van der Waals surface area contributed by atoms with Crippen LogP contribution in [0.2, 0.25) is 0 Å². The van der Waals surface area contributed by atoms with E-state index in [1.54, 1.807) is 29.3 Å². The summed E-state index contributed by atoms with van der Waals surface area (Å²) < 4.78 is 11.1. The maximum Gasteiger partial charge on any atom is 0.266 e. The van der Waals surface area contributed by atoms with E-state index in [1.807, 2.05) is 68.4 Å². The number of fused-ring (bicyclic) bond motifs is 1. The molecule has 0 saturated carbocycles. The van der Waals surface area contributed by atoms with Crippen LogP contribution in [0.1, 0.15) is 25.5 Å². The van der Waals surface area contributed by atoms with Crippen molar-refractivity contribution in [3.05, 3.63) is 84.4 Å². The summed E-state index contributed by atoms with van der Waals surface area (Å²) in [5, 5.41) is 1.69. The summed E-state index contributed by atoms with van der Waals surface area (Å²) in [7, 11) is 0. The van der Waals surface area contributed by atoms with E-state index in [0.717, 1.165) is 17.0 Å². The second-order valence-electron chi connectivity index (χ2n) is 8.10. The minimum Gasteiger partial charge on any atom is -0.494 e. The van der Waals surface area contributed by atoms with Gasteiger partial charge in [0.25, 0.3) is 5.91 Å². The number of nitrogens with zero attached hydrogens (tertiary/aromatic N) is 2. The Hall–Kier alpha value is -3.84. The van der Waals surface area contributed by atoms with Crippen LogP contribution in [0.4, 0.5) is 11.4 Å². The van der Waals surface area contributed by atoms with Gasteiger partial charge in [-0.25, -0.2) is 9.96 Å².